The summed E-state index contributed by atoms with van der Waals surface area (Å²) in [5.74, 6) is 2.34. The third-order valence-electron chi connectivity index (χ3n) is 3.96. The molecule has 0 radical (unpaired) electrons. The van der Waals surface area contributed by atoms with Gasteiger partial charge in [0.25, 0.3) is 5.95 Å². The van der Waals surface area contributed by atoms with Crippen molar-refractivity contribution in [1.82, 2.24) is 10.4 Å². The predicted molar refractivity (Wildman–Crippen MR) is 116 cm³/mol. The van der Waals surface area contributed by atoms with Crippen LogP contribution in [0.25, 0.3) is 0 Å². The molecule has 30 heavy (non-hydrogen) atoms. The fourth-order valence-electron chi connectivity index (χ4n) is 2.42. The highest BCUT2D eigenvalue weighted by Gasteiger charge is 2.04. The molecule has 0 saturated carbocycles. The number of methoxy groups -OCH3 is 1. The van der Waals surface area contributed by atoms with Gasteiger partial charge in [-0.3, -0.25) is 4.79 Å². The predicted octanol–water partition coefficient (Wildman–Crippen LogP) is 4.28. The van der Waals surface area contributed by atoms with Crippen LogP contribution in [0.2, 0.25) is 0 Å². The van der Waals surface area contributed by atoms with Gasteiger partial charge < -0.3 is 13.9 Å². The third-order valence-corrected chi connectivity index (χ3v) is 4.99. The molecule has 7 nitrogen and oxygen atoms in total. The molecule has 0 fully saturated rings. The van der Waals surface area contributed by atoms with Gasteiger partial charge in [-0.1, -0.05) is 18.2 Å². The molecule has 3 rings (SSSR count). The number of hydrazone groups is 1. The van der Waals surface area contributed by atoms with Crippen molar-refractivity contribution in [2.75, 3.05) is 12.9 Å². The zero-order valence-electron chi connectivity index (χ0n) is 16.6. The Balaban J connectivity index is 1.33. The normalized spacial score (nSPS) is 10.8. The Morgan fingerprint density at radius 1 is 1.20 bits per heavy atom. The van der Waals surface area contributed by atoms with Crippen molar-refractivity contribution in [3.05, 3.63) is 72.1 Å². The van der Waals surface area contributed by atoms with E-state index in [1.54, 1.807) is 37.2 Å². The second kappa shape index (κ2) is 11.7. The van der Waals surface area contributed by atoms with E-state index in [2.05, 4.69) is 15.5 Å². The Hall–Kier alpha value is -3.26. The number of hydrogen-bond donors (Lipinski definition) is 1. The van der Waals surface area contributed by atoms with Crippen LogP contribution >= 0.6 is 11.8 Å². The maximum atomic E-state index is 11.8. The number of thioether (sulfide) groups is 1. The monoisotopic (exact) mass is 425 g/mol. The Kier molecular flexibility index (Phi) is 8.34. The van der Waals surface area contributed by atoms with Crippen molar-refractivity contribution in [1.29, 1.82) is 0 Å². The van der Waals surface area contributed by atoms with Crippen LogP contribution in [0.3, 0.4) is 0 Å². The lowest BCUT2D eigenvalue weighted by Gasteiger charge is -2.04. The molecule has 0 spiro atoms. The highest BCUT2D eigenvalue weighted by atomic mass is 32.2. The number of furan rings is 1. The molecule has 0 atom stereocenters. The first-order valence-electron chi connectivity index (χ1n) is 9.44. The fraction of sp³-hybridized carbons (Fsp3) is 0.227. The lowest BCUT2D eigenvalue weighted by molar-refractivity contribution is -0.121. The van der Waals surface area contributed by atoms with Crippen molar-refractivity contribution < 1.29 is 18.7 Å². The van der Waals surface area contributed by atoms with Gasteiger partial charge in [0.2, 0.25) is 5.91 Å². The van der Waals surface area contributed by atoms with Crippen LogP contribution in [0.15, 0.2) is 75.3 Å². The average Bonchev–Trinajstić information content (AvgIpc) is 3.24. The molecule has 0 bridgehead atoms. The van der Waals surface area contributed by atoms with Crippen LogP contribution in [-0.2, 0) is 11.4 Å². The zero-order valence-corrected chi connectivity index (χ0v) is 17.4. The number of nitrogens with zero attached hydrogens (tertiary/aromatic N) is 2. The number of nitrogens with one attached hydrogen (secondary N) is 1. The molecule has 0 saturated heterocycles. The fourth-order valence-corrected chi connectivity index (χ4v) is 3.23. The molecule has 1 aromatic carbocycles. The van der Waals surface area contributed by atoms with Gasteiger partial charge >= 0.3 is 0 Å². The van der Waals surface area contributed by atoms with Crippen molar-refractivity contribution in [3.8, 4) is 11.7 Å². The van der Waals surface area contributed by atoms with E-state index in [0.29, 0.717) is 24.7 Å². The number of ether oxygens (including phenoxy) is 2. The molecule has 3 aromatic rings. The molecule has 0 aliphatic rings. The van der Waals surface area contributed by atoms with Crippen LogP contribution in [0.5, 0.6) is 11.7 Å². The van der Waals surface area contributed by atoms with E-state index >= 15 is 0 Å². The first-order chi connectivity index (χ1) is 14.7. The van der Waals surface area contributed by atoms with Gasteiger partial charge in [-0.2, -0.15) is 5.10 Å². The Morgan fingerprint density at radius 2 is 2.07 bits per heavy atom. The molecule has 0 aliphatic carbocycles. The number of pyridine rings is 1. The summed E-state index contributed by atoms with van der Waals surface area (Å²) < 4.78 is 16.3. The minimum Gasteiger partial charge on any atom is -0.497 e. The highest BCUT2D eigenvalue weighted by Crippen LogP contribution is 2.18. The van der Waals surface area contributed by atoms with E-state index in [1.807, 2.05) is 42.5 Å². The summed E-state index contributed by atoms with van der Waals surface area (Å²) in [4.78, 5) is 16.1. The molecule has 8 heteroatoms. The van der Waals surface area contributed by atoms with Crippen LogP contribution < -0.4 is 14.9 Å². The molecule has 2 aromatic heterocycles. The van der Waals surface area contributed by atoms with E-state index in [1.165, 1.54) is 6.21 Å². The van der Waals surface area contributed by atoms with Crippen molar-refractivity contribution in [2.45, 2.75) is 24.5 Å². The average molecular weight is 426 g/mol. The van der Waals surface area contributed by atoms with Gasteiger partial charge in [-0.05, 0) is 48.1 Å². The number of amides is 1. The van der Waals surface area contributed by atoms with Crippen molar-refractivity contribution in [3.63, 3.8) is 0 Å². The first-order valence-corrected chi connectivity index (χ1v) is 10.4. The number of rotatable bonds is 11. The summed E-state index contributed by atoms with van der Waals surface area (Å²) in [5.41, 5.74) is 3.50. The van der Waals surface area contributed by atoms with Crippen LogP contribution in [0.1, 0.15) is 24.2 Å². The molecule has 156 valence electrons. The van der Waals surface area contributed by atoms with E-state index in [0.717, 1.165) is 28.5 Å². The van der Waals surface area contributed by atoms with E-state index < -0.39 is 0 Å². The molecule has 0 aliphatic heterocycles. The summed E-state index contributed by atoms with van der Waals surface area (Å²) in [6, 6.07) is 16.8. The second-order valence-corrected chi connectivity index (χ2v) is 7.32. The Labute approximate surface area is 179 Å². The number of carbonyl (C=O) groups is 1. The number of carbonyl (C=O) groups excluding carboxylic acids is 1. The third kappa shape index (κ3) is 7.29. The van der Waals surface area contributed by atoms with Gasteiger partial charge in [-0.25, -0.2) is 10.4 Å². The standard InChI is InChI=1S/C22H23N3O4S/c1-27-18-9-7-17(8-10-18)16-28-22-12-11-19(29-22)15-24-25-20(26)5-4-14-30-21-6-2-3-13-23-21/h2-3,6-13,15H,4-5,14,16H2,1H3,(H,25,26)/b24-15+. The highest BCUT2D eigenvalue weighted by molar-refractivity contribution is 7.99. The first kappa shape index (κ1) is 21.4. The maximum Gasteiger partial charge on any atom is 0.285 e. The molecular formula is C22H23N3O4S. The van der Waals surface area contributed by atoms with Gasteiger partial charge in [-0.15, -0.1) is 11.8 Å². The summed E-state index contributed by atoms with van der Waals surface area (Å²) in [6.07, 6.45) is 4.34. The number of benzene rings is 1. The molecule has 2 heterocycles. The molecular weight excluding hydrogens is 402 g/mol. The van der Waals surface area contributed by atoms with Gasteiger partial charge in [0.15, 0.2) is 5.76 Å². The SMILES string of the molecule is COc1ccc(COc2ccc(/C=N/NC(=O)CCCSc3ccccn3)o2)cc1. The lowest BCUT2D eigenvalue weighted by atomic mass is 10.2. The smallest absolute Gasteiger partial charge is 0.285 e. The summed E-state index contributed by atoms with van der Waals surface area (Å²) in [7, 11) is 1.63. The Bertz CT molecular complexity index is 943. The number of aromatic nitrogens is 1. The number of hydrogen-bond acceptors (Lipinski definition) is 7. The summed E-state index contributed by atoms with van der Waals surface area (Å²) in [6.45, 7) is 0.376. The molecule has 1 amide bonds. The second-order valence-electron chi connectivity index (χ2n) is 6.21. The van der Waals surface area contributed by atoms with Gasteiger partial charge in [0, 0.05) is 18.7 Å². The van der Waals surface area contributed by atoms with Crippen LogP contribution in [-0.4, -0.2) is 30.0 Å². The van der Waals surface area contributed by atoms with E-state index in [9.17, 15) is 4.79 Å². The van der Waals surface area contributed by atoms with E-state index in [-0.39, 0.29) is 5.91 Å². The molecule has 1 N–H and O–H groups in total. The minimum atomic E-state index is -0.143. The van der Waals surface area contributed by atoms with Crippen molar-refractivity contribution in [2.24, 2.45) is 5.10 Å². The minimum absolute atomic E-state index is 0.143. The maximum absolute atomic E-state index is 11.8. The largest absolute Gasteiger partial charge is 0.497 e. The Morgan fingerprint density at radius 3 is 2.83 bits per heavy atom. The van der Waals surface area contributed by atoms with Gasteiger partial charge in [0.1, 0.15) is 12.4 Å². The van der Waals surface area contributed by atoms with Crippen LogP contribution in [0.4, 0.5) is 0 Å². The lowest BCUT2D eigenvalue weighted by Crippen LogP contribution is -2.17. The van der Waals surface area contributed by atoms with Crippen LogP contribution in [0, 0.1) is 0 Å². The zero-order chi connectivity index (χ0) is 21.0. The van der Waals surface area contributed by atoms with E-state index in [4.69, 9.17) is 13.9 Å². The summed E-state index contributed by atoms with van der Waals surface area (Å²) >= 11 is 1.63. The quantitative estimate of drug-likeness (QED) is 0.214. The van der Waals surface area contributed by atoms with Gasteiger partial charge in [0.05, 0.1) is 18.4 Å². The summed E-state index contributed by atoms with van der Waals surface area (Å²) in [5, 5.41) is 4.88. The molecule has 0 unspecified atom stereocenters. The van der Waals surface area contributed by atoms with Crippen molar-refractivity contribution >= 4 is 23.9 Å². The topological polar surface area (TPSA) is 86.0 Å².